The van der Waals surface area contributed by atoms with Crippen molar-refractivity contribution in [3.05, 3.63) is 82.7 Å². The number of aryl methyl sites for hydroxylation is 1. The SMILES string of the molecule is C=CCn1c(SCC(=O)N[C@H]2CCCc3ccccc32)nc2ccccc2c1=O. The standard InChI is InChI=1S/C23H23N3O2S/c1-2-14-26-22(28)18-11-5-6-12-20(18)25-23(26)29-15-21(27)24-19-13-7-9-16-8-3-4-10-17(16)19/h2-6,8,10-12,19H,1,7,9,13-15H2,(H,24,27)/t19-/m0/s1. The van der Waals surface area contributed by atoms with Crippen molar-refractivity contribution in [1.29, 1.82) is 0 Å². The molecule has 0 radical (unpaired) electrons. The van der Waals surface area contributed by atoms with E-state index in [0.29, 0.717) is 22.6 Å². The van der Waals surface area contributed by atoms with E-state index >= 15 is 0 Å². The minimum atomic E-state index is -0.111. The summed E-state index contributed by atoms with van der Waals surface area (Å²) in [6.07, 6.45) is 4.75. The summed E-state index contributed by atoms with van der Waals surface area (Å²) in [5.74, 6) is 0.157. The van der Waals surface area contributed by atoms with E-state index in [4.69, 9.17) is 0 Å². The van der Waals surface area contributed by atoms with Gasteiger partial charge in [0, 0.05) is 6.54 Å². The topological polar surface area (TPSA) is 64.0 Å². The highest BCUT2D eigenvalue weighted by molar-refractivity contribution is 7.99. The van der Waals surface area contributed by atoms with Gasteiger partial charge in [-0.2, -0.15) is 0 Å². The van der Waals surface area contributed by atoms with E-state index in [9.17, 15) is 9.59 Å². The first-order valence-corrected chi connectivity index (χ1v) is 10.8. The lowest BCUT2D eigenvalue weighted by atomic mass is 9.88. The number of rotatable bonds is 6. The van der Waals surface area contributed by atoms with Crippen molar-refractivity contribution in [3.8, 4) is 0 Å². The van der Waals surface area contributed by atoms with Gasteiger partial charge >= 0.3 is 0 Å². The number of nitrogens with one attached hydrogen (secondary N) is 1. The molecule has 0 saturated heterocycles. The molecule has 6 heteroatoms. The van der Waals surface area contributed by atoms with Gasteiger partial charge in [-0.3, -0.25) is 14.2 Å². The highest BCUT2D eigenvalue weighted by Crippen LogP contribution is 2.29. The van der Waals surface area contributed by atoms with Gasteiger partial charge in [0.15, 0.2) is 5.16 Å². The molecule has 0 unspecified atom stereocenters. The third-order valence-electron chi connectivity index (χ3n) is 5.18. The summed E-state index contributed by atoms with van der Waals surface area (Å²) in [6.45, 7) is 4.09. The van der Waals surface area contributed by atoms with Gasteiger partial charge < -0.3 is 5.32 Å². The van der Waals surface area contributed by atoms with Gasteiger partial charge in [0.2, 0.25) is 5.91 Å². The maximum Gasteiger partial charge on any atom is 0.262 e. The zero-order valence-electron chi connectivity index (χ0n) is 16.1. The number of para-hydroxylation sites is 1. The summed E-state index contributed by atoms with van der Waals surface area (Å²) in [5, 5.41) is 4.26. The molecular weight excluding hydrogens is 382 g/mol. The van der Waals surface area contributed by atoms with Gasteiger partial charge in [-0.05, 0) is 42.5 Å². The number of hydrogen-bond donors (Lipinski definition) is 1. The zero-order valence-corrected chi connectivity index (χ0v) is 17.0. The predicted octanol–water partition coefficient (Wildman–Crippen LogP) is 3.87. The van der Waals surface area contributed by atoms with E-state index in [2.05, 4.69) is 29.0 Å². The number of carbonyl (C=O) groups excluding carboxylic acids is 1. The lowest BCUT2D eigenvalue weighted by Crippen LogP contribution is -2.32. The van der Waals surface area contributed by atoms with Crippen LogP contribution in [-0.2, 0) is 17.8 Å². The summed E-state index contributed by atoms with van der Waals surface area (Å²) < 4.78 is 1.57. The predicted molar refractivity (Wildman–Crippen MR) is 117 cm³/mol. The highest BCUT2D eigenvalue weighted by atomic mass is 32.2. The molecule has 0 aliphatic heterocycles. The largest absolute Gasteiger partial charge is 0.349 e. The molecule has 0 spiro atoms. The molecule has 0 bridgehead atoms. The molecule has 1 heterocycles. The molecule has 5 nitrogen and oxygen atoms in total. The van der Waals surface area contributed by atoms with Crippen LogP contribution in [0.25, 0.3) is 10.9 Å². The number of fused-ring (bicyclic) bond motifs is 2. The Balaban J connectivity index is 1.51. The smallest absolute Gasteiger partial charge is 0.262 e. The lowest BCUT2D eigenvalue weighted by Gasteiger charge is -2.26. The number of benzene rings is 2. The van der Waals surface area contributed by atoms with E-state index in [1.807, 2.05) is 30.3 Å². The third-order valence-corrected chi connectivity index (χ3v) is 6.15. The lowest BCUT2D eigenvalue weighted by molar-refractivity contribution is -0.119. The molecule has 1 aliphatic rings. The maximum atomic E-state index is 12.8. The number of aromatic nitrogens is 2. The molecule has 1 N–H and O–H groups in total. The summed E-state index contributed by atoms with van der Waals surface area (Å²) >= 11 is 1.29. The number of hydrogen-bond acceptors (Lipinski definition) is 4. The van der Waals surface area contributed by atoms with Crippen LogP contribution in [0.5, 0.6) is 0 Å². The van der Waals surface area contributed by atoms with Crippen LogP contribution in [0.4, 0.5) is 0 Å². The first-order valence-electron chi connectivity index (χ1n) is 9.78. The molecule has 0 fully saturated rings. The first kappa shape index (κ1) is 19.5. The van der Waals surface area contributed by atoms with E-state index < -0.39 is 0 Å². The molecule has 0 saturated carbocycles. The van der Waals surface area contributed by atoms with Crippen molar-refractivity contribution < 1.29 is 4.79 Å². The Bertz CT molecular complexity index is 1120. The third kappa shape index (κ3) is 4.12. The second-order valence-corrected chi connectivity index (χ2v) is 8.06. The van der Waals surface area contributed by atoms with Gasteiger partial charge in [0.25, 0.3) is 5.56 Å². The fraction of sp³-hybridized carbons (Fsp3) is 0.261. The van der Waals surface area contributed by atoms with Gasteiger partial charge in [-0.1, -0.05) is 54.2 Å². The zero-order chi connectivity index (χ0) is 20.2. The van der Waals surface area contributed by atoms with Gasteiger partial charge in [0.1, 0.15) is 0 Å². The summed E-state index contributed by atoms with van der Waals surface area (Å²) in [6, 6.07) is 15.6. The Kier molecular flexibility index (Phi) is 5.81. The summed E-state index contributed by atoms with van der Waals surface area (Å²) in [4.78, 5) is 30.1. The highest BCUT2D eigenvalue weighted by Gasteiger charge is 2.21. The van der Waals surface area contributed by atoms with Crippen LogP contribution in [0.15, 0.2) is 71.1 Å². The van der Waals surface area contributed by atoms with E-state index in [1.165, 1.54) is 22.9 Å². The molecule has 1 aromatic heterocycles. The average Bonchev–Trinajstić information content (AvgIpc) is 2.75. The Labute approximate surface area is 173 Å². The van der Waals surface area contributed by atoms with Crippen molar-refractivity contribution >= 4 is 28.6 Å². The van der Waals surface area contributed by atoms with Crippen molar-refractivity contribution in [2.24, 2.45) is 0 Å². The van der Waals surface area contributed by atoms with Crippen LogP contribution in [0.1, 0.15) is 30.0 Å². The molecule has 2 aromatic carbocycles. The van der Waals surface area contributed by atoms with Gasteiger partial charge in [-0.25, -0.2) is 4.98 Å². The van der Waals surface area contributed by atoms with Crippen LogP contribution >= 0.6 is 11.8 Å². The number of carbonyl (C=O) groups is 1. The minimum Gasteiger partial charge on any atom is -0.349 e. The molecule has 29 heavy (non-hydrogen) atoms. The fourth-order valence-electron chi connectivity index (χ4n) is 3.82. The minimum absolute atomic E-state index is 0.0491. The molecule has 1 aliphatic carbocycles. The second-order valence-electron chi connectivity index (χ2n) is 7.12. The van der Waals surface area contributed by atoms with E-state index in [-0.39, 0.29) is 23.3 Å². The van der Waals surface area contributed by atoms with Crippen LogP contribution in [0.3, 0.4) is 0 Å². The van der Waals surface area contributed by atoms with Gasteiger partial charge in [0.05, 0.1) is 22.7 Å². The quantitative estimate of drug-likeness (QED) is 0.384. The monoisotopic (exact) mass is 405 g/mol. The Morgan fingerprint density at radius 2 is 2.03 bits per heavy atom. The number of amides is 1. The van der Waals surface area contributed by atoms with Gasteiger partial charge in [-0.15, -0.1) is 6.58 Å². The Morgan fingerprint density at radius 1 is 1.24 bits per heavy atom. The van der Waals surface area contributed by atoms with Crippen molar-refractivity contribution in [2.45, 2.75) is 37.0 Å². The summed E-state index contributed by atoms with van der Waals surface area (Å²) in [5.41, 5.74) is 3.05. The fourth-order valence-corrected chi connectivity index (χ4v) is 4.64. The van der Waals surface area contributed by atoms with E-state index in [1.54, 1.807) is 16.7 Å². The first-order chi connectivity index (χ1) is 14.2. The van der Waals surface area contributed by atoms with Crippen LogP contribution in [0.2, 0.25) is 0 Å². The number of nitrogens with zero attached hydrogens (tertiary/aromatic N) is 2. The average molecular weight is 406 g/mol. The molecular formula is C23H23N3O2S. The molecule has 3 aromatic rings. The van der Waals surface area contributed by atoms with E-state index in [0.717, 1.165) is 19.3 Å². The Morgan fingerprint density at radius 3 is 2.90 bits per heavy atom. The van der Waals surface area contributed by atoms with Crippen LogP contribution in [0, 0.1) is 0 Å². The van der Waals surface area contributed by atoms with Crippen molar-refractivity contribution in [2.75, 3.05) is 5.75 Å². The van der Waals surface area contributed by atoms with Crippen LogP contribution < -0.4 is 10.9 Å². The van der Waals surface area contributed by atoms with Crippen LogP contribution in [-0.4, -0.2) is 21.2 Å². The molecule has 4 rings (SSSR count). The van der Waals surface area contributed by atoms with Crippen molar-refractivity contribution in [3.63, 3.8) is 0 Å². The Hall–Kier alpha value is -2.86. The maximum absolute atomic E-state index is 12.8. The number of allylic oxidation sites excluding steroid dienone is 1. The normalized spacial score (nSPS) is 15.7. The molecule has 148 valence electrons. The molecule has 1 atom stereocenters. The number of thioether (sulfide) groups is 1. The second kappa shape index (κ2) is 8.66. The summed E-state index contributed by atoms with van der Waals surface area (Å²) in [7, 11) is 0. The van der Waals surface area contributed by atoms with Crippen molar-refractivity contribution in [1.82, 2.24) is 14.9 Å². The molecule has 1 amide bonds.